The summed E-state index contributed by atoms with van der Waals surface area (Å²) in [5, 5.41) is 0. The quantitative estimate of drug-likeness (QED) is 0.567. The van der Waals surface area contributed by atoms with Crippen molar-refractivity contribution in [2.24, 2.45) is 0 Å². The summed E-state index contributed by atoms with van der Waals surface area (Å²) in [5.41, 5.74) is 0.204. The maximum Gasteiger partial charge on any atom is 0.330 e. The largest absolute Gasteiger partial charge is 0.466 e. The Morgan fingerprint density at radius 2 is 2.20 bits per heavy atom. The molecule has 0 amide bonds. The summed E-state index contributed by atoms with van der Waals surface area (Å²) in [4.78, 5) is 10.7. The minimum Gasteiger partial charge on any atom is -0.466 e. The van der Waals surface area contributed by atoms with Gasteiger partial charge in [0.2, 0.25) is 0 Å². The topological polar surface area (TPSA) is 26.3 Å². The molecule has 0 aliphatic carbocycles. The molecule has 15 heavy (non-hydrogen) atoms. The molecule has 2 nitrogen and oxygen atoms in total. The number of hydrogen-bond acceptors (Lipinski definition) is 2. The van der Waals surface area contributed by atoms with Crippen LogP contribution in [0, 0.1) is 11.6 Å². The Morgan fingerprint density at radius 3 is 2.87 bits per heavy atom. The third kappa shape index (κ3) is 3.50. The van der Waals surface area contributed by atoms with Gasteiger partial charge in [0.1, 0.15) is 11.6 Å². The van der Waals surface area contributed by atoms with E-state index in [9.17, 15) is 13.6 Å². The molecule has 0 N–H and O–H groups in total. The molecule has 0 heterocycles. The normalized spacial score (nSPS) is 10.6. The summed E-state index contributed by atoms with van der Waals surface area (Å²) in [6.45, 7) is 0. The lowest BCUT2D eigenvalue weighted by atomic mass is 10.1. The number of hydrogen-bond donors (Lipinski definition) is 0. The second kappa shape index (κ2) is 5.24. The summed E-state index contributed by atoms with van der Waals surface area (Å²) < 4.78 is 30.1. The van der Waals surface area contributed by atoms with E-state index in [1.165, 1.54) is 19.3 Å². The van der Waals surface area contributed by atoms with E-state index in [1.807, 2.05) is 0 Å². The molecular formula is C11H10F2O2. The fourth-order valence-corrected chi connectivity index (χ4v) is 1.05. The zero-order chi connectivity index (χ0) is 11.3. The third-order valence-electron chi connectivity index (χ3n) is 1.80. The number of carbonyl (C=O) groups is 1. The Hall–Kier alpha value is -1.71. The molecule has 0 radical (unpaired) electrons. The summed E-state index contributed by atoms with van der Waals surface area (Å²) >= 11 is 0. The van der Waals surface area contributed by atoms with Crippen LogP contribution in [0.5, 0.6) is 0 Å². The van der Waals surface area contributed by atoms with Crippen LogP contribution in [0.2, 0.25) is 0 Å². The number of methoxy groups -OCH3 is 1. The first-order valence-corrected chi connectivity index (χ1v) is 4.32. The molecule has 4 heteroatoms. The Labute approximate surface area is 86.2 Å². The van der Waals surface area contributed by atoms with Gasteiger partial charge < -0.3 is 4.74 Å². The van der Waals surface area contributed by atoms with Gasteiger partial charge in [0, 0.05) is 6.08 Å². The van der Waals surface area contributed by atoms with Crippen LogP contribution in [-0.2, 0) is 16.0 Å². The van der Waals surface area contributed by atoms with Crippen LogP contribution in [0.3, 0.4) is 0 Å². The number of allylic oxidation sites excluding steroid dienone is 1. The number of rotatable bonds is 3. The van der Waals surface area contributed by atoms with Crippen LogP contribution in [0.25, 0.3) is 0 Å². The number of halogens is 2. The lowest BCUT2D eigenvalue weighted by molar-refractivity contribution is -0.134. The van der Waals surface area contributed by atoms with Gasteiger partial charge in [-0.15, -0.1) is 0 Å². The first kappa shape index (κ1) is 11.4. The lowest BCUT2D eigenvalue weighted by Gasteiger charge is -1.98. The van der Waals surface area contributed by atoms with E-state index in [0.29, 0.717) is 0 Å². The third-order valence-corrected chi connectivity index (χ3v) is 1.80. The van der Waals surface area contributed by atoms with Crippen molar-refractivity contribution in [1.29, 1.82) is 0 Å². The van der Waals surface area contributed by atoms with E-state index >= 15 is 0 Å². The summed E-state index contributed by atoms with van der Waals surface area (Å²) in [7, 11) is 1.25. The van der Waals surface area contributed by atoms with E-state index in [2.05, 4.69) is 4.74 Å². The van der Waals surface area contributed by atoms with Crippen molar-refractivity contribution in [3.63, 3.8) is 0 Å². The van der Waals surface area contributed by atoms with E-state index in [-0.39, 0.29) is 12.0 Å². The number of ether oxygens (including phenoxy) is 1. The first-order valence-electron chi connectivity index (χ1n) is 4.32. The van der Waals surface area contributed by atoms with Gasteiger partial charge in [0.05, 0.1) is 7.11 Å². The van der Waals surface area contributed by atoms with Gasteiger partial charge in [-0.1, -0.05) is 6.08 Å². The Morgan fingerprint density at radius 1 is 1.47 bits per heavy atom. The molecule has 0 bridgehead atoms. The molecule has 0 unspecified atom stereocenters. The lowest BCUT2D eigenvalue weighted by Crippen LogP contribution is -1.95. The first-order chi connectivity index (χ1) is 7.13. The standard InChI is InChI=1S/C11H10F2O2/c1-15-11(14)4-2-3-8-7-9(12)5-6-10(8)13/h2,4-7H,3H2,1H3/b4-2+. The van der Waals surface area contributed by atoms with Crippen molar-refractivity contribution in [3.05, 3.63) is 47.5 Å². The fraction of sp³-hybridized carbons (Fsp3) is 0.182. The Bertz CT molecular complexity index is 386. The predicted octanol–water partition coefficient (Wildman–Crippen LogP) is 2.24. The van der Waals surface area contributed by atoms with Crippen molar-refractivity contribution < 1.29 is 18.3 Å². The van der Waals surface area contributed by atoms with Crippen LogP contribution >= 0.6 is 0 Å². The monoisotopic (exact) mass is 212 g/mol. The summed E-state index contributed by atoms with van der Waals surface area (Å²) in [6.07, 6.45) is 2.74. The molecule has 0 aliphatic heterocycles. The van der Waals surface area contributed by atoms with Crippen molar-refractivity contribution in [2.75, 3.05) is 7.11 Å². The highest BCUT2D eigenvalue weighted by Gasteiger charge is 2.01. The van der Waals surface area contributed by atoms with Gasteiger partial charge in [-0.25, -0.2) is 13.6 Å². The number of esters is 1. The zero-order valence-electron chi connectivity index (χ0n) is 8.17. The van der Waals surface area contributed by atoms with E-state index < -0.39 is 17.6 Å². The van der Waals surface area contributed by atoms with Crippen molar-refractivity contribution >= 4 is 5.97 Å². The minimum atomic E-state index is -0.521. The molecule has 0 saturated heterocycles. The highest BCUT2D eigenvalue weighted by molar-refractivity contribution is 5.81. The van der Waals surface area contributed by atoms with Gasteiger partial charge in [-0.3, -0.25) is 0 Å². The van der Waals surface area contributed by atoms with Gasteiger partial charge in [0.25, 0.3) is 0 Å². The van der Waals surface area contributed by atoms with Crippen LogP contribution in [0.15, 0.2) is 30.4 Å². The molecule has 1 aromatic carbocycles. The molecule has 0 saturated carbocycles. The molecule has 0 atom stereocenters. The number of carbonyl (C=O) groups excluding carboxylic acids is 1. The van der Waals surface area contributed by atoms with Gasteiger partial charge >= 0.3 is 5.97 Å². The highest BCUT2D eigenvalue weighted by Crippen LogP contribution is 2.10. The summed E-state index contributed by atoms with van der Waals surface area (Å²) in [6, 6.07) is 3.19. The van der Waals surface area contributed by atoms with Gasteiger partial charge in [-0.2, -0.15) is 0 Å². The molecule has 1 aromatic rings. The second-order valence-electron chi connectivity index (χ2n) is 2.87. The van der Waals surface area contributed by atoms with Gasteiger partial charge in [-0.05, 0) is 30.2 Å². The highest BCUT2D eigenvalue weighted by atomic mass is 19.1. The average Bonchev–Trinajstić information content (AvgIpc) is 2.23. The van der Waals surface area contributed by atoms with Crippen LogP contribution in [0.1, 0.15) is 5.56 Å². The maximum absolute atomic E-state index is 13.1. The molecule has 0 spiro atoms. The molecule has 0 aromatic heterocycles. The van der Waals surface area contributed by atoms with Crippen molar-refractivity contribution in [2.45, 2.75) is 6.42 Å². The molecule has 0 fully saturated rings. The summed E-state index contributed by atoms with van der Waals surface area (Å²) in [5.74, 6) is -1.52. The van der Waals surface area contributed by atoms with Crippen LogP contribution < -0.4 is 0 Å². The smallest absolute Gasteiger partial charge is 0.330 e. The Kier molecular flexibility index (Phi) is 3.97. The maximum atomic E-state index is 13.1. The SMILES string of the molecule is COC(=O)/C=C/Cc1cc(F)ccc1F. The van der Waals surface area contributed by atoms with Crippen molar-refractivity contribution in [1.82, 2.24) is 0 Å². The number of benzene rings is 1. The van der Waals surface area contributed by atoms with Crippen LogP contribution in [-0.4, -0.2) is 13.1 Å². The van der Waals surface area contributed by atoms with E-state index in [1.54, 1.807) is 0 Å². The van der Waals surface area contributed by atoms with Crippen molar-refractivity contribution in [3.8, 4) is 0 Å². The molecular weight excluding hydrogens is 202 g/mol. The molecule has 0 aliphatic rings. The van der Waals surface area contributed by atoms with Gasteiger partial charge in [0.15, 0.2) is 0 Å². The molecule has 80 valence electrons. The fourth-order valence-electron chi connectivity index (χ4n) is 1.05. The van der Waals surface area contributed by atoms with Crippen LogP contribution in [0.4, 0.5) is 8.78 Å². The second-order valence-corrected chi connectivity index (χ2v) is 2.87. The molecule has 1 rings (SSSR count). The minimum absolute atomic E-state index is 0.151. The Balaban J connectivity index is 2.68. The van der Waals surface area contributed by atoms with E-state index in [0.717, 1.165) is 18.2 Å². The van der Waals surface area contributed by atoms with E-state index in [4.69, 9.17) is 0 Å². The zero-order valence-corrected chi connectivity index (χ0v) is 8.17. The average molecular weight is 212 g/mol. The predicted molar refractivity (Wildman–Crippen MR) is 51.2 cm³/mol.